The van der Waals surface area contributed by atoms with Crippen LogP contribution in [0.2, 0.25) is 0 Å². The third-order valence-corrected chi connectivity index (χ3v) is 5.94. The Hall–Kier alpha value is -3.79. The second-order valence-corrected chi connectivity index (χ2v) is 8.68. The number of amides is 1. The minimum atomic E-state index is -4.51. The molecule has 0 spiro atoms. The summed E-state index contributed by atoms with van der Waals surface area (Å²) in [5.41, 5.74) is -0.656. The monoisotopic (exact) mass is 507 g/mol. The lowest BCUT2D eigenvalue weighted by Gasteiger charge is -2.33. The second-order valence-electron chi connectivity index (χ2n) is 8.68. The van der Waals surface area contributed by atoms with E-state index in [0.29, 0.717) is 18.8 Å². The number of pyridine rings is 1. The smallest absolute Gasteiger partial charge is 0.364 e. The summed E-state index contributed by atoms with van der Waals surface area (Å²) in [4.78, 5) is 25.9. The number of rotatable bonds is 5. The third kappa shape index (κ3) is 5.54. The van der Waals surface area contributed by atoms with Crippen molar-refractivity contribution in [3.8, 4) is 11.8 Å². The van der Waals surface area contributed by atoms with Crippen molar-refractivity contribution in [3.63, 3.8) is 0 Å². The summed E-state index contributed by atoms with van der Waals surface area (Å²) in [5.74, 6) is 4.89. The molecule has 0 saturated carbocycles. The quantitative estimate of drug-likeness (QED) is 0.361. The van der Waals surface area contributed by atoms with Gasteiger partial charge in [0.2, 0.25) is 0 Å². The van der Waals surface area contributed by atoms with Crippen molar-refractivity contribution in [3.05, 3.63) is 51.6 Å². The molecule has 2 atom stereocenters. The SMILES string of the molecule is CN1CC[C@@H](Nc2cccc3c(CC(F)(F)F)c(C#CCNC(=O)c4c[nH]n(C)c4=O)nn23)[C@@H](F)C1. The van der Waals surface area contributed by atoms with E-state index in [4.69, 9.17) is 0 Å². The molecule has 0 bridgehead atoms. The maximum atomic E-state index is 14.5. The molecule has 0 aliphatic carbocycles. The van der Waals surface area contributed by atoms with Gasteiger partial charge in [0.15, 0.2) is 0 Å². The average Bonchev–Trinajstić information content (AvgIpc) is 3.32. The number of halogens is 4. The number of carbonyl (C=O) groups excluding carboxylic acids is 1. The van der Waals surface area contributed by atoms with Crippen LogP contribution in [0.4, 0.5) is 23.4 Å². The molecule has 1 saturated heterocycles. The molecular formula is C23H25F4N7O2. The molecule has 0 radical (unpaired) electrons. The number of aromatic nitrogens is 4. The van der Waals surface area contributed by atoms with E-state index in [1.165, 1.54) is 23.8 Å². The highest BCUT2D eigenvalue weighted by Crippen LogP contribution is 2.28. The number of carbonyl (C=O) groups is 1. The highest BCUT2D eigenvalue weighted by Gasteiger charge is 2.32. The van der Waals surface area contributed by atoms with Crippen LogP contribution in [0.15, 0.2) is 29.2 Å². The zero-order valence-corrected chi connectivity index (χ0v) is 19.6. The number of H-pyrrole nitrogens is 1. The number of aryl methyl sites for hydroxylation is 1. The van der Waals surface area contributed by atoms with Gasteiger partial charge in [-0.3, -0.25) is 14.3 Å². The van der Waals surface area contributed by atoms with Crippen LogP contribution in [0.25, 0.3) is 5.52 Å². The number of fused-ring (bicyclic) bond motifs is 1. The molecule has 3 aromatic rings. The van der Waals surface area contributed by atoms with Crippen molar-refractivity contribution >= 4 is 17.2 Å². The van der Waals surface area contributed by atoms with E-state index in [0.717, 1.165) is 4.68 Å². The predicted octanol–water partition coefficient (Wildman–Crippen LogP) is 1.70. The fourth-order valence-corrected chi connectivity index (χ4v) is 4.09. The van der Waals surface area contributed by atoms with Crippen molar-refractivity contribution < 1.29 is 22.4 Å². The van der Waals surface area contributed by atoms with E-state index in [9.17, 15) is 27.2 Å². The minimum absolute atomic E-state index is 0.103. The molecular weight excluding hydrogens is 482 g/mol. The Morgan fingerprint density at radius 3 is 2.75 bits per heavy atom. The molecule has 9 nitrogen and oxygen atoms in total. The fraction of sp³-hybridized carbons (Fsp3) is 0.435. The molecule has 4 rings (SSSR count). The van der Waals surface area contributed by atoms with E-state index in [1.54, 1.807) is 12.1 Å². The van der Waals surface area contributed by atoms with Crippen LogP contribution in [-0.4, -0.2) is 75.3 Å². The number of hydrogen-bond donors (Lipinski definition) is 3. The first kappa shape index (κ1) is 25.3. The van der Waals surface area contributed by atoms with Gasteiger partial charge in [-0.05, 0) is 31.5 Å². The van der Waals surface area contributed by atoms with Gasteiger partial charge in [0, 0.05) is 31.9 Å². The van der Waals surface area contributed by atoms with Gasteiger partial charge in [-0.2, -0.15) is 18.3 Å². The van der Waals surface area contributed by atoms with Crippen LogP contribution in [0.3, 0.4) is 0 Å². The van der Waals surface area contributed by atoms with Crippen LogP contribution in [0, 0.1) is 11.8 Å². The van der Waals surface area contributed by atoms with E-state index < -0.39 is 36.3 Å². The summed E-state index contributed by atoms with van der Waals surface area (Å²) in [6.07, 6.45) is -5.14. The molecule has 36 heavy (non-hydrogen) atoms. The first-order valence-corrected chi connectivity index (χ1v) is 11.2. The number of hydrogen-bond acceptors (Lipinski definition) is 5. The van der Waals surface area contributed by atoms with Crippen LogP contribution >= 0.6 is 0 Å². The summed E-state index contributed by atoms with van der Waals surface area (Å²) in [7, 11) is 3.28. The summed E-state index contributed by atoms with van der Waals surface area (Å²) in [6.45, 7) is 0.726. The van der Waals surface area contributed by atoms with Gasteiger partial charge < -0.3 is 20.6 Å². The molecule has 1 fully saturated rings. The molecule has 3 N–H and O–H groups in total. The Morgan fingerprint density at radius 1 is 1.31 bits per heavy atom. The minimum Gasteiger partial charge on any atom is -0.364 e. The summed E-state index contributed by atoms with van der Waals surface area (Å²) >= 11 is 0. The highest BCUT2D eigenvalue weighted by atomic mass is 19.4. The van der Waals surface area contributed by atoms with Gasteiger partial charge in [0.25, 0.3) is 11.5 Å². The number of aromatic amines is 1. The average molecular weight is 507 g/mol. The van der Waals surface area contributed by atoms with Gasteiger partial charge in [0.1, 0.15) is 23.2 Å². The zero-order chi connectivity index (χ0) is 26.0. The lowest BCUT2D eigenvalue weighted by Crippen LogP contribution is -2.46. The maximum absolute atomic E-state index is 14.5. The zero-order valence-electron chi connectivity index (χ0n) is 19.6. The van der Waals surface area contributed by atoms with Crippen LogP contribution in [0.1, 0.15) is 28.0 Å². The summed E-state index contributed by atoms with van der Waals surface area (Å²) < 4.78 is 57.1. The van der Waals surface area contributed by atoms with Gasteiger partial charge in [-0.1, -0.05) is 12.0 Å². The van der Waals surface area contributed by atoms with Crippen LogP contribution < -0.4 is 16.2 Å². The topological polar surface area (TPSA) is 99.5 Å². The molecule has 0 aromatic carbocycles. The first-order chi connectivity index (χ1) is 17.0. The van der Waals surface area contributed by atoms with Crippen molar-refractivity contribution in [1.29, 1.82) is 0 Å². The largest absolute Gasteiger partial charge is 0.393 e. The van der Waals surface area contributed by atoms with Crippen molar-refractivity contribution in [2.45, 2.75) is 31.2 Å². The molecule has 3 aromatic heterocycles. The third-order valence-electron chi connectivity index (χ3n) is 5.94. The van der Waals surface area contributed by atoms with Gasteiger partial charge in [-0.15, -0.1) is 0 Å². The lowest BCUT2D eigenvalue weighted by atomic mass is 10.0. The summed E-state index contributed by atoms with van der Waals surface area (Å²) in [6, 6.07) is 4.19. The van der Waals surface area contributed by atoms with E-state index >= 15 is 0 Å². The van der Waals surface area contributed by atoms with E-state index in [2.05, 4.69) is 32.7 Å². The van der Waals surface area contributed by atoms with Gasteiger partial charge >= 0.3 is 6.18 Å². The standard InChI is InChI=1S/C23H25F4N7O2/c1-32-10-8-18(16(24)13-32)30-20-7-3-6-19-14(11-23(25,26)27)17(31-34(19)20)5-4-9-28-21(35)15-12-29-33(2)22(15)36/h3,6-7,12,16,18,29-30H,8-11,13H2,1-2H3,(H,28,35)/t16-,18+/m0/s1. The Morgan fingerprint density at radius 2 is 2.08 bits per heavy atom. The van der Waals surface area contributed by atoms with Crippen molar-refractivity contribution in [2.75, 3.05) is 32.0 Å². The van der Waals surface area contributed by atoms with Crippen molar-refractivity contribution in [2.24, 2.45) is 7.05 Å². The van der Waals surface area contributed by atoms with E-state index in [-0.39, 0.29) is 35.4 Å². The molecule has 4 heterocycles. The normalized spacial score (nSPS) is 18.6. The number of alkyl halides is 4. The number of nitrogens with one attached hydrogen (secondary N) is 3. The fourth-order valence-electron chi connectivity index (χ4n) is 4.09. The van der Waals surface area contributed by atoms with Gasteiger partial charge in [-0.25, -0.2) is 8.91 Å². The molecule has 13 heteroatoms. The number of anilines is 1. The van der Waals surface area contributed by atoms with Gasteiger partial charge in [0.05, 0.1) is 24.5 Å². The maximum Gasteiger partial charge on any atom is 0.393 e. The Bertz CT molecular complexity index is 1380. The van der Waals surface area contributed by atoms with Crippen LogP contribution in [-0.2, 0) is 13.5 Å². The Labute approximate surface area is 203 Å². The number of piperidine rings is 1. The van der Waals surface area contributed by atoms with E-state index in [1.807, 2.05) is 11.9 Å². The lowest BCUT2D eigenvalue weighted by molar-refractivity contribution is -0.127. The Balaban J connectivity index is 1.59. The van der Waals surface area contributed by atoms with Crippen molar-refractivity contribution in [1.82, 2.24) is 29.6 Å². The molecule has 0 unspecified atom stereocenters. The highest BCUT2D eigenvalue weighted by molar-refractivity contribution is 5.93. The molecule has 1 aliphatic rings. The molecule has 1 aliphatic heterocycles. The predicted molar refractivity (Wildman–Crippen MR) is 125 cm³/mol. The first-order valence-electron chi connectivity index (χ1n) is 11.2. The number of likely N-dealkylation sites (tertiary alicyclic amines) is 1. The second kappa shape index (κ2) is 10.1. The Kier molecular flexibility index (Phi) is 7.07. The number of nitrogens with zero attached hydrogens (tertiary/aromatic N) is 4. The van der Waals surface area contributed by atoms with Crippen LogP contribution in [0.5, 0.6) is 0 Å². The summed E-state index contributed by atoms with van der Waals surface area (Å²) in [5, 5.41) is 12.4. The molecule has 192 valence electrons. The molecule has 1 amide bonds.